The lowest BCUT2D eigenvalue weighted by molar-refractivity contribution is 0.337. The molecule has 1 aromatic heterocycles. The Morgan fingerprint density at radius 1 is 0.929 bits per heavy atom. The zero-order valence-electron chi connectivity index (χ0n) is 15.5. The van der Waals surface area contributed by atoms with Crippen LogP contribution in [0.25, 0.3) is 11.4 Å². The molecule has 0 spiro atoms. The minimum Gasteiger partial charge on any atom is -0.338 e. The summed E-state index contributed by atoms with van der Waals surface area (Å²) in [6.07, 6.45) is 1.06. The van der Waals surface area contributed by atoms with Gasteiger partial charge in [-0.05, 0) is 31.2 Å². The molecule has 3 rings (SSSR count). The summed E-state index contributed by atoms with van der Waals surface area (Å²) in [5, 5.41) is 3.89. The van der Waals surface area contributed by atoms with Crippen LogP contribution in [0.15, 0.2) is 62.8 Å². The van der Waals surface area contributed by atoms with Crippen LogP contribution in [0.4, 0.5) is 0 Å². The minimum atomic E-state index is -3.85. The van der Waals surface area contributed by atoms with Crippen molar-refractivity contribution in [2.45, 2.75) is 23.3 Å². The quantitative estimate of drug-likeness (QED) is 0.600. The molecule has 0 fully saturated rings. The maximum absolute atomic E-state index is 12.7. The van der Waals surface area contributed by atoms with Crippen molar-refractivity contribution in [3.8, 4) is 11.4 Å². The topological polar surface area (TPSA) is 110 Å². The molecule has 10 heteroatoms. The van der Waals surface area contributed by atoms with E-state index in [2.05, 4.69) is 10.1 Å². The molecule has 0 unspecified atom stereocenters. The van der Waals surface area contributed by atoms with Gasteiger partial charge in [-0.1, -0.05) is 35.0 Å². The Balaban J connectivity index is 1.78. The van der Waals surface area contributed by atoms with E-state index in [1.165, 1.54) is 31.3 Å². The summed E-state index contributed by atoms with van der Waals surface area (Å²) in [7, 11) is -5.87. The molecule has 0 aliphatic carbocycles. The van der Waals surface area contributed by atoms with Crippen molar-refractivity contribution in [2.75, 3.05) is 13.3 Å². The van der Waals surface area contributed by atoms with Crippen molar-refractivity contribution in [1.82, 2.24) is 14.4 Å². The summed E-state index contributed by atoms with van der Waals surface area (Å²) < 4.78 is 54.7. The Labute approximate surface area is 163 Å². The molecule has 2 aromatic carbocycles. The highest BCUT2D eigenvalue weighted by atomic mass is 32.2. The van der Waals surface area contributed by atoms with Gasteiger partial charge in [-0.15, -0.1) is 0 Å². The van der Waals surface area contributed by atoms with Crippen LogP contribution in [0.5, 0.6) is 0 Å². The lowest BCUT2D eigenvalue weighted by Gasteiger charge is -2.15. The van der Waals surface area contributed by atoms with Crippen LogP contribution in [-0.4, -0.2) is 44.6 Å². The fraction of sp³-hybridized carbons (Fsp3) is 0.222. The summed E-state index contributed by atoms with van der Waals surface area (Å²) in [4.78, 5) is 4.26. The summed E-state index contributed by atoms with van der Waals surface area (Å²) in [6.45, 7) is 1.85. The van der Waals surface area contributed by atoms with E-state index in [4.69, 9.17) is 4.52 Å². The third kappa shape index (κ3) is 4.29. The Morgan fingerprint density at radius 3 is 2.07 bits per heavy atom. The first-order chi connectivity index (χ1) is 13.1. The van der Waals surface area contributed by atoms with Crippen LogP contribution in [0.2, 0.25) is 0 Å². The van der Waals surface area contributed by atoms with E-state index >= 15 is 0 Å². The first-order valence-corrected chi connectivity index (χ1v) is 11.6. The normalized spacial score (nSPS) is 12.4. The lowest BCUT2D eigenvalue weighted by Crippen LogP contribution is -2.26. The average molecular weight is 422 g/mol. The summed E-state index contributed by atoms with van der Waals surface area (Å²) in [5.41, 5.74) is 1.86. The number of rotatable bonds is 6. The first kappa shape index (κ1) is 20.2. The van der Waals surface area contributed by atoms with Crippen LogP contribution < -0.4 is 0 Å². The van der Waals surface area contributed by atoms with E-state index in [9.17, 15) is 16.8 Å². The number of hydrogen-bond donors (Lipinski definition) is 0. The first-order valence-electron chi connectivity index (χ1n) is 8.23. The second-order valence-electron chi connectivity index (χ2n) is 6.38. The molecule has 148 valence electrons. The number of hydrogen-bond acceptors (Lipinski definition) is 7. The van der Waals surface area contributed by atoms with Gasteiger partial charge in [0, 0.05) is 18.9 Å². The fourth-order valence-electron chi connectivity index (χ4n) is 2.45. The average Bonchev–Trinajstić information content (AvgIpc) is 3.10. The van der Waals surface area contributed by atoms with Crippen molar-refractivity contribution in [2.24, 2.45) is 0 Å². The highest BCUT2D eigenvalue weighted by Crippen LogP contribution is 2.21. The van der Waals surface area contributed by atoms with Gasteiger partial charge in [0.25, 0.3) is 0 Å². The van der Waals surface area contributed by atoms with E-state index in [0.29, 0.717) is 5.82 Å². The van der Waals surface area contributed by atoms with Gasteiger partial charge in [0.15, 0.2) is 9.84 Å². The Bertz CT molecular complexity index is 1180. The molecule has 0 N–H and O–H groups in total. The molecule has 28 heavy (non-hydrogen) atoms. The summed E-state index contributed by atoms with van der Waals surface area (Å²) in [5.74, 6) is 0.521. The van der Waals surface area contributed by atoms with Gasteiger partial charge in [-0.25, -0.2) is 16.8 Å². The van der Waals surface area contributed by atoms with Crippen LogP contribution in [0.3, 0.4) is 0 Å². The molecule has 1 heterocycles. The molecule has 0 amide bonds. The van der Waals surface area contributed by atoms with Crippen LogP contribution in [0.1, 0.15) is 11.5 Å². The molecule has 3 aromatic rings. The standard InChI is InChI=1S/C18H19N3O5S2/c1-13-4-6-14(7-5-13)18-19-17(26-20-18)12-21(2)28(24,25)16-10-8-15(9-11-16)27(3,22)23/h4-11H,12H2,1-3H3. The third-order valence-corrected chi connectivity index (χ3v) is 7.04. The minimum absolute atomic E-state index is 0.0272. The van der Waals surface area contributed by atoms with Gasteiger partial charge in [-0.2, -0.15) is 9.29 Å². The predicted molar refractivity (Wildman–Crippen MR) is 103 cm³/mol. The smallest absolute Gasteiger partial charge is 0.243 e. The van der Waals surface area contributed by atoms with E-state index < -0.39 is 19.9 Å². The number of sulfone groups is 1. The van der Waals surface area contributed by atoms with Gasteiger partial charge in [-0.3, -0.25) is 0 Å². The molecule has 0 bridgehead atoms. The number of benzene rings is 2. The van der Waals surface area contributed by atoms with E-state index in [-0.39, 0.29) is 22.2 Å². The van der Waals surface area contributed by atoms with E-state index in [0.717, 1.165) is 21.7 Å². The largest absolute Gasteiger partial charge is 0.338 e. The van der Waals surface area contributed by atoms with E-state index in [1.807, 2.05) is 31.2 Å². The van der Waals surface area contributed by atoms with Crippen molar-refractivity contribution in [3.63, 3.8) is 0 Å². The van der Waals surface area contributed by atoms with Crippen LogP contribution in [0, 0.1) is 6.92 Å². The maximum Gasteiger partial charge on any atom is 0.243 e. The highest BCUT2D eigenvalue weighted by molar-refractivity contribution is 7.90. The van der Waals surface area contributed by atoms with Crippen molar-refractivity contribution < 1.29 is 21.4 Å². The SMILES string of the molecule is Cc1ccc(-c2noc(CN(C)S(=O)(=O)c3ccc(S(C)(=O)=O)cc3)n2)cc1. The molecule has 0 saturated carbocycles. The van der Waals surface area contributed by atoms with Gasteiger partial charge in [0.1, 0.15) is 0 Å². The Hall–Kier alpha value is -2.56. The molecule has 0 atom stereocenters. The van der Waals surface area contributed by atoms with Gasteiger partial charge < -0.3 is 4.52 Å². The van der Waals surface area contributed by atoms with Gasteiger partial charge in [0.05, 0.1) is 16.3 Å². The van der Waals surface area contributed by atoms with Crippen molar-refractivity contribution >= 4 is 19.9 Å². The zero-order chi connectivity index (χ0) is 20.5. The number of nitrogens with zero attached hydrogens (tertiary/aromatic N) is 3. The summed E-state index contributed by atoms with van der Waals surface area (Å²) in [6, 6.07) is 12.6. The second kappa shape index (κ2) is 7.46. The van der Waals surface area contributed by atoms with Crippen LogP contribution >= 0.6 is 0 Å². The monoisotopic (exact) mass is 421 g/mol. The number of aryl methyl sites for hydroxylation is 1. The molecule has 8 nitrogen and oxygen atoms in total. The second-order valence-corrected chi connectivity index (χ2v) is 10.4. The molecule has 0 radical (unpaired) electrons. The number of aromatic nitrogens is 2. The lowest BCUT2D eigenvalue weighted by atomic mass is 10.1. The predicted octanol–water partition coefficient (Wildman–Crippen LogP) is 2.27. The third-order valence-electron chi connectivity index (χ3n) is 4.10. The van der Waals surface area contributed by atoms with Crippen LogP contribution in [-0.2, 0) is 26.4 Å². The molecular formula is C18H19N3O5S2. The zero-order valence-corrected chi connectivity index (χ0v) is 17.2. The summed E-state index contributed by atoms with van der Waals surface area (Å²) >= 11 is 0. The Morgan fingerprint density at radius 2 is 1.50 bits per heavy atom. The van der Waals surface area contributed by atoms with Gasteiger partial charge >= 0.3 is 0 Å². The van der Waals surface area contributed by atoms with Crippen molar-refractivity contribution in [3.05, 3.63) is 60.0 Å². The number of sulfonamides is 1. The molecule has 0 aliphatic rings. The Kier molecular flexibility index (Phi) is 5.37. The maximum atomic E-state index is 12.7. The van der Waals surface area contributed by atoms with Crippen molar-refractivity contribution in [1.29, 1.82) is 0 Å². The highest BCUT2D eigenvalue weighted by Gasteiger charge is 2.24. The molecule has 0 aliphatic heterocycles. The van der Waals surface area contributed by atoms with E-state index in [1.54, 1.807) is 0 Å². The molecule has 0 saturated heterocycles. The fourth-order valence-corrected chi connectivity index (χ4v) is 4.20. The molecular weight excluding hydrogens is 402 g/mol. The van der Waals surface area contributed by atoms with Gasteiger partial charge in [0.2, 0.25) is 21.7 Å².